The molecule has 1 atom stereocenters. The molecule has 2 N–H and O–H groups in total. The highest BCUT2D eigenvalue weighted by molar-refractivity contribution is 6.30. The van der Waals surface area contributed by atoms with Crippen LogP contribution in [-0.4, -0.2) is 23.8 Å². The number of benzene rings is 1. The van der Waals surface area contributed by atoms with E-state index in [2.05, 4.69) is 19.2 Å². The van der Waals surface area contributed by atoms with E-state index in [1.807, 2.05) is 31.2 Å². The van der Waals surface area contributed by atoms with Gasteiger partial charge in [0, 0.05) is 18.0 Å². The Bertz CT molecular complexity index is 333. The molecule has 2 nitrogen and oxygen atoms in total. The van der Waals surface area contributed by atoms with Crippen LogP contribution < -0.4 is 5.32 Å². The largest absolute Gasteiger partial charge is 0.389 e. The van der Waals surface area contributed by atoms with Gasteiger partial charge in [0.1, 0.15) is 0 Å². The molecule has 1 unspecified atom stereocenters. The first-order valence-electron chi connectivity index (χ1n) is 6.06. The van der Waals surface area contributed by atoms with E-state index in [0.29, 0.717) is 18.9 Å². The molecule has 0 spiro atoms. The van der Waals surface area contributed by atoms with Crippen molar-refractivity contribution in [1.29, 1.82) is 0 Å². The summed E-state index contributed by atoms with van der Waals surface area (Å²) in [6.07, 6.45) is 0.634. The van der Waals surface area contributed by atoms with Crippen LogP contribution in [0, 0.1) is 5.92 Å². The van der Waals surface area contributed by atoms with E-state index >= 15 is 0 Å². The second-order valence-electron chi connectivity index (χ2n) is 5.32. The van der Waals surface area contributed by atoms with Crippen molar-refractivity contribution in [3.8, 4) is 0 Å². The molecule has 1 rings (SSSR count). The van der Waals surface area contributed by atoms with Gasteiger partial charge in [-0.2, -0.15) is 0 Å². The zero-order valence-electron chi connectivity index (χ0n) is 10.8. The number of nitrogens with one attached hydrogen (secondary N) is 1. The van der Waals surface area contributed by atoms with Crippen molar-refractivity contribution >= 4 is 11.6 Å². The average molecular weight is 256 g/mol. The topological polar surface area (TPSA) is 32.3 Å². The van der Waals surface area contributed by atoms with Gasteiger partial charge >= 0.3 is 0 Å². The average Bonchev–Trinajstić information content (AvgIpc) is 2.20. The quantitative estimate of drug-likeness (QED) is 0.819. The second kappa shape index (κ2) is 6.39. The number of aliphatic hydroxyl groups is 1. The number of hydrogen-bond acceptors (Lipinski definition) is 2. The van der Waals surface area contributed by atoms with Crippen LogP contribution in [0.2, 0.25) is 5.02 Å². The third-order valence-electron chi connectivity index (χ3n) is 2.56. The van der Waals surface area contributed by atoms with Crippen LogP contribution in [0.4, 0.5) is 0 Å². The van der Waals surface area contributed by atoms with E-state index in [0.717, 1.165) is 17.1 Å². The number of halogens is 1. The van der Waals surface area contributed by atoms with Crippen molar-refractivity contribution in [2.75, 3.05) is 13.1 Å². The first-order chi connectivity index (χ1) is 7.89. The SMILES string of the molecule is CC(C)CNCC(C)(O)Cc1ccc(Cl)cc1. The maximum Gasteiger partial charge on any atom is 0.0783 e. The molecule has 1 aromatic carbocycles. The van der Waals surface area contributed by atoms with Gasteiger partial charge in [0.05, 0.1) is 5.60 Å². The van der Waals surface area contributed by atoms with Gasteiger partial charge in [0.2, 0.25) is 0 Å². The molecular weight excluding hydrogens is 234 g/mol. The van der Waals surface area contributed by atoms with Crippen LogP contribution in [0.5, 0.6) is 0 Å². The van der Waals surface area contributed by atoms with Gasteiger partial charge < -0.3 is 10.4 Å². The second-order valence-corrected chi connectivity index (χ2v) is 5.76. The number of hydrogen-bond donors (Lipinski definition) is 2. The van der Waals surface area contributed by atoms with E-state index in [1.165, 1.54) is 0 Å². The van der Waals surface area contributed by atoms with Crippen LogP contribution in [0.15, 0.2) is 24.3 Å². The Morgan fingerprint density at radius 2 is 1.88 bits per heavy atom. The van der Waals surface area contributed by atoms with Crippen LogP contribution in [0.25, 0.3) is 0 Å². The molecule has 0 radical (unpaired) electrons. The Labute approximate surface area is 109 Å². The molecule has 0 amide bonds. The summed E-state index contributed by atoms with van der Waals surface area (Å²) < 4.78 is 0. The molecule has 1 aromatic rings. The first kappa shape index (κ1) is 14.5. The smallest absolute Gasteiger partial charge is 0.0783 e. The van der Waals surface area contributed by atoms with Gasteiger partial charge in [0.15, 0.2) is 0 Å². The lowest BCUT2D eigenvalue weighted by molar-refractivity contribution is 0.0596. The molecule has 0 aliphatic heterocycles. The Kier molecular flexibility index (Phi) is 5.44. The standard InChI is InChI=1S/C14H22ClNO/c1-11(2)9-16-10-14(3,17)8-12-4-6-13(15)7-5-12/h4-7,11,16-17H,8-10H2,1-3H3. The Morgan fingerprint density at radius 3 is 2.41 bits per heavy atom. The highest BCUT2D eigenvalue weighted by Gasteiger charge is 2.20. The fourth-order valence-corrected chi connectivity index (χ4v) is 1.86. The summed E-state index contributed by atoms with van der Waals surface area (Å²) in [6, 6.07) is 7.63. The molecule has 17 heavy (non-hydrogen) atoms. The molecule has 3 heteroatoms. The fraction of sp³-hybridized carbons (Fsp3) is 0.571. The van der Waals surface area contributed by atoms with Gasteiger partial charge in [-0.25, -0.2) is 0 Å². The van der Waals surface area contributed by atoms with Crippen molar-refractivity contribution < 1.29 is 5.11 Å². The van der Waals surface area contributed by atoms with Gasteiger partial charge in [-0.05, 0) is 37.1 Å². The lowest BCUT2D eigenvalue weighted by Crippen LogP contribution is -2.40. The van der Waals surface area contributed by atoms with E-state index in [9.17, 15) is 5.11 Å². The molecule has 0 bridgehead atoms. The van der Waals surface area contributed by atoms with Gasteiger partial charge in [-0.1, -0.05) is 37.6 Å². The Hall–Kier alpha value is -0.570. The summed E-state index contributed by atoms with van der Waals surface area (Å²) in [6.45, 7) is 7.70. The Morgan fingerprint density at radius 1 is 1.29 bits per heavy atom. The third-order valence-corrected chi connectivity index (χ3v) is 2.81. The van der Waals surface area contributed by atoms with Crippen LogP contribution in [-0.2, 0) is 6.42 Å². The minimum Gasteiger partial charge on any atom is -0.389 e. The molecular formula is C14H22ClNO. The molecule has 0 fully saturated rings. The molecule has 0 saturated carbocycles. The monoisotopic (exact) mass is 255 g/mol. The van der Waals surface area contributed by atoms with Gasteiger partial charge in [-0.3, -0.25) is 0 Å². The Balaban J connectivity index is 2.45. The summed E-state index contributed by atoms with van der Waals surface area (Å²) in [7, 11) is 0. The van der Waals surface area contributed by atoms with Crippen molar-refractivity contribution in [2.45, 2.75) is 32.8 Å². The van der Waals surface area contributed by atoms with Gasteiger partial charge in [-0.15, -0.1) is 0 Å². The van der Waals surface area contributed by atoms with E-state index < -0.39 is 5.60 Å². The summed E-state index contributed by atoms with van der Waals surface area (Å²) in [4.78, 5) is 0. The minimum atomic E-state index is -0.720. The van der Waals surface area contributed by atoms with E-state index in [4.69, 9.17) is 11.6 Å². The van der Waals surface area contributed by atoms with Crippen molar-refractivity contribution in [1.82, 2.24) is 5.32 Å². The van der Waals surface area contributed by atoms with Crippen LogP contribution >= 0.6 is 11.6 Å². The molecule has 0 heterocycles. The lowest BCUT2D eigenvalue weighted by Gasteiger charge is -2.24. The molecule has 96 valence electrons. The summed E-state index contributed by atoms with van der Waals surface area (Å²) in [5.41, 5.74) is 0.383. The van der Waals surface area contributed by atoms with Gasteiger partial charge in [0.25, 0.3) is 0 Å². The predicted molar refractivity (Wildman–Crippen MR) is 73.5 cm³/mol. The summed E-state index contributed by atoms with van der Waals surface area (Å²) >= 11 is 5.83. The zero-order chi connectivity index (χ0) is 12.9. The molecule has 0 saturated heterocycles. The molecule has 0 aromatic heterocycles. The highest BCUT2D eigenvalue weighted by Crippen LogP contribution is 2.15. The molecule has 0 aliphatic rings. The fourth-order valence-electron chi connectivity index (χ4n) is 1.73. The van der Waals surface area contributed by atoms with Crippen LogP contribution in [0.3, 0.4) is 0 Å². The summed E-state index contributed by atoms with van der Waals surface area (Å²) in [5, 5.41) is 14.3. The normalized spacial score (nSPS) is 14.9. The minimum absolute atomic E-state index is 0.598. The molecule has 0 aliphatic carbocycles. The van der Waals surface area contributed by atoms with Crippen molar-refractivity contribution in [2.24, 2.45) is 5.92 Å². The maximum absolute atomic E-state index is 10.3. The number of rotatable bonds is 6. The van der Waals surface area contributed by atoms with E-state index in [1.54, 1.807) is 0 Å². The van der Waals surface area contributed by atoms with Crippen molar-refractivity contribution in [3.05, 3.63) is 34.9 Å². The first-order valence-corrected chi connectivity index (χ1v) is 6.44. The lowest BCUT2D eigenvalue weighted by atomic mass is 9.96. The third kappa shape index (κ3) is 6.06. The highest BCUT2D eigenvalue weighted by atomic mass is 35.5. The maximum atomic E-state index is 10.3. The van der Waals surface area contributed by atoms with Crippen LogP contribution in [0.1, 0.15) is 26.3 Å². The van der Waals surface area contributed by atoms with E-state index in [-0.39, 0.29) is 0 Å². The zero-order valence-corrected chi connectivity index (χ0v) is 11.6. The summed E-state index contributed by atoms with van der Waals surface area (Å²) in [5.74, 6) is 0.598. The van der Waals surface area contributed by atoms with Crippen molar-refractivity contribution in [3.63, 3.8) is 0 Å². The predicted octanol–water partition coefficient (Wildman–Crippen LogP) is 2.88.